The van der Waals surface area contributed by atoms with Crippen LogP contribution in [-0.4, -0.2) is 50.6 Å². The van der Waals surface area contributed by atoms with E-state index in [0.29, 0.717) is 30.7 Å². The molecule has 1 fully saturated rings. The molecule has 1 aromatic heterocycles. The molecule has 0 N–H and O–H groups in total. The Morgan fingerprint density at radius 1 is 1.25 bits per heavy atom. The average molecular weight is 415 g/mol. The van der Waals surface area contributed by atoms with E-state index in [2.05, 4.69) is 5.10 Å². The Hall–Kier alpha value is -2.29. The Balaban J connectivity index is 1.63. The Kier molecular flexibility index (Phi) is 4.95. The molecule has 1 aromatic carbocycles. The lowest BCUT2D eigenvalue weighted by Crippen LogP contribution is -2.42. The summed E-state index contributed by atoms with van der Waals surface area (Å²) in [6.07, 6.45) is -1.85. The van der Waals surface area contributed by atoms with E-state index in [1.165, 1.54) is 21.4 Å². The van der Waals surface area contributed by atoms with Crippen LogP contribution in [0.1, 0.15) is 30.3 Å². The zero-order valence-electron chi connectivity index (χ0n) is 14.8. The molecule has 0 radical (unpaired) electrons. The number of nitrogens with zero attached hydrogens (tertiary/aromatic N) is 4. The standard InChI is InChI=1S/C18H18ClF3N4O2/c19-12-6-11(20)5-4-10(12)7-25-18(28)26-15(2-1-3-16(26)23-25)17(27)24-8-13(21)14(22)9-24/h4-6,13-15H,1-3,7-9H2. The lowest BCUT2D eigenvalue weighted by Gasteiger charge is -2.26. The van der Waals surface area contributed by atoms with Gasteiger partial charge in [-0.05, 0) is 30.5 Å². The summed E-state index contributed by atoms with van der Waals surface area (Å²) in [7, 11) is 0. The number of amides is 1. The van der Waals surface area contributed by atoms with Gasteiger partial charge in [-0.2, -0.15) is 5.10 Å². The molecule has 3 heterocycles. The van der Waals surface area contributed by atoms with Crippen LogP contribution in [0.5, 0.6) is 0 Å². The van der Waals surface area contributed by atoms with Crippen molar-refractivity contribution in [2.75, 3.05) is 13.1 Å². The molecule has 2 aliphatic heterocycles. The van der Waals surface area contributed by atoms with Crippen LogP contribution in [0.4, 0.5) is 13.2 Å². The molecule has 28 heavy (non-hydrogen) atoms. The summed E-state index contributed by atoms with van der Waals surface area (Å²) in [4.78, 5) is 26.8. The van der Waals surface area contributed by atoms with Gasteiger partial charge in [-0.15, -0.1) is 0 Å². The van der Waals surface area contributed by atoms with Crippen molar-refractivity contribution in [1.29, 1.82) is 0 Å². The number of carbonyl (C=O) groups is 1. The van der Waals surface area contributed by atoms with Crippen molar-refractivity contribution < 1.29 is 18.0 Å². The van der Waals surface area contributed by atoms with Gasteiger partial charge in [-0.3, -0.25) is 9.36 Å². The topological polar surface area (TPSA) is 60.1 Å². The first-order valence-electron chi connectivity index (χ1n) is 9.04. The SMILES string of the molecule is O=C(C1CCCc2nn(Cc3ccc(F)cc3Cl)c(=O)n21)N1CC(F)C(F)C1. The van der Waals surface area contributed by atoms with Crippen LogP contribution < -0.4 is 5.69 Å². The molecule has 10 heteroatoms. The molecule has 0 saturated carbocycles. The fraction of sp³-hybridized carbons (Fsp3) is 0.500. The van der Waals surface area contributed by atoms with Crippen molar-refractivity contribution in [3.05, 3.63) is 50.9 Å². The van der Waals surface area contributed by atoms with Gasteiger partial charge in [-0.1, -0.05) is 17.7 Å². The third kappa shape index (κ3) is 3.32. The number of likely N-dealkylation sites (tertiary alicyclic amines) is 1. The molecular formula is C18H18ClF3N4O2. The van der Waals surface area contributed by atoms with Crippen LogP contribution in [-0.2, 0) is 17.8 Å². The first-order valence-corrected chi connectivity index (χ1v) is 9.42. The molecule has 3 atom stereocenters. The van der Waals surface area contributed by atoms with Gasteiger partial charge in [0.1, 0.15) is 17.7 Å². The summed E-state index contributed by atoms with van der Waals surface area (Å²) in [5.74, 6) is -0.510. The molecule has 4 rings (SSSR count). The number of alkyl halides is 2. The molecule has 2 aliphatic rings. The molecule has 1 saturated heterocycles. The quantitative estimate of drug-likeness (QED) is 0.774. The van der Waals surface area contributed by atoms with Gasteiger partial charge in [0.15, 0.2) is 12.3 Å². The summed E-state index contributed by atoms with van der Waals surface area (Å²) >= 11 is 6.03. The number of benzene rings is 1. The molecule has 0 bridgehead atoms. The van der Waals surface area contributed by atoms with Crippen molar-refractivity contribution in [3.63, 3.8) is 0 Å². The van der Waals surface area contributed by atoms with Gasteiger partial charge in [0.25, 0.3) is 0 Å². The second-order valence-electron chi connectivity index (χ2n) is 7.15. The predicted octanol–water partition coefficient (Wildman–Crippen LogP) is 2.28. The van der Waals surface area contributed by atoms with E-state index in [0.717, 1.165) is 11.0 Å². The van der Waals surface area contributed by atoms with E-state index >= 15 is 0 Å². The molecule has 3 unspecified atom stereocenters. The molecule has 6 nitrogen and oxygen atoms in total. The lowest BCUT2D eigenvalue weighted by molar-refractivity contribution is -0.134. The van der Waals surface area contributed by atoms with E-state index in [1.807, 2.05) is 0 Å². The maximum Gasteiger partial charge on any atom is 0.346 e. The number of hydrogen-bond donors (Lipinski definition) is 0. The van der Waals surface area contributed by atoms with Gasteiger partial charge >= 0.3 is 5.69 Å². The van der Waals surface area contributed by atoms with Gasteiger partial charge in [0, 0.05) is 11.4 Å². The van der Waals surface area contributed by atoms with Crippen LogP contribution in [0.25, 0.3) is 0 Å². The molecule has 150 valence electrons. The highest BCUT2D eigenvalue weighted by atomic mass is 35.5. The zero-order chi connectivity index (χ0) is 20.0. The van der Waals surface area contributed by atoms with Gasteiger partial charge in [0.05, 0.1) is 19.6 Å². The van der Waals surface area contributed by atoms with Crippen molar-refractivity contribution in [2.45, 2.75) is 44.2 Å². The van der Waals surface area contributed by atoms with Gasteiger partial charge in [-0.25, -0.2) is 22.6 Å². The number of aryl methyl sites for hydroxylation is 1. The Bertz CT molecular complexity index is 966. The minimum absolute atomic E-state index is 0.0294. The molecule has 2 aromatic rings. The summed E-state index contributed by atoms with van der Waals surface area (Å²) in [5.41, 5.74) is 0.0183. The number of fused-ring (bicyclic) bond motifs is 1. The normalized spacial score (nSPS) is 24.4. The lowest BCUT2D eigenvalue weighted by atomic mass is 10.0. The van der Waals surface area contributed by atoms with Crippen molar-refractivity contribution in [1.82, 2.24) is 19.2 Å². The van der Waals surface area contributed by atoms with Crippen molar-refractivity contribution in [3.8, 4) is 0 Å². The third-order valence-electron chi connectivity index (χ3n) is 5.24. The van der Waals surface area contributed by atoms with E-state index in [9.17, 15) is 22.8 Å². The van der Waals surface area contributed by atoms with Crippen LogP contribution in [0.15, 0.2) is 23.0 Å². The summed E-state index contributed by atoms with van der Waals surface area (Å²) in [6.45, 7) is -0.582. The smallest absolute Gasteiger partial charge is 0.335 e. The summed E-state index contributed by atoms with van der Waals surface area (Å²) in [6, 6.07) is 3.03. The van der Waals surface area contributed by atoms with Crippen LogP contribution in [0.2, 0.25) is 5.02 Å². The van der Waals surface area contributed by atoms with Crippen molar-refractivity contribution in [2.24, 2.45) is 0 Å². The first-order chi connectivity index (χ1) is 13.3. The number of halogens is 4. The third-order valence-corrected chi connectivity index (χ3v) is 5.60. The van der Waals surface area contributed by atoms with E-state index in [1.54, 1.807) is 0 Å². The zero-order valence-corrected chi connectivity index (χ0v) is 15.6. The molecular weight excluding hydrogens is 397 g/mol. The summed E-state index contributed by atoms with van der Waals surface area (Å²) < 4.78 is 42.7. The van der Waals surface area contributed by atoms with Crippen LogP contribution in [0, 0.1) is 5.82 Å². The van der Waals surface area contributed by atoms with Gasteiger partial charge in [0.2, 0.25) is 5.91 Å². The highest BCUT2D eigenvalue weighted by Crippen LogP contribution is 2.27. The molecule has 0 aliphatic carbocycles. The number of carbonyl (C=O) groups excluding carboxylic acids is 1. The van der Waals surface area contributed by atoms with Crippen molar-refractivity contribution >= 4 is 17.5 Å². The first kappa shape index (κ1) is 19.0. The predicted molar refractivity (Wildman–Crippen MR) is 95.3 cm³/mol. The molecule has 1 amide bonds. The minimum atomic E-state index is -1.70. The second kappa shape index (κ2) is 7.27. The number of hydrogen-bond acceptors (Lipinski definition) is 3. The van der Waals surface area contributed by atoms with Crippen LogP contribution >= 0.6 is 11.6 Å². The molecule has 0 spiro atoms. The van der Waals surface area contributed by atoms with E-state index in [-0.39, 0.29) is 24.7 Å². The van der Waals surface area contributed by atoms with E-state index < -0.39 is 35.8 Å². The monoisotopic (exact) mass is 414 g/mol. The Morgan fingerprint density at radius 2 is 1.96 bits per heavy atom. The Morgan fingerprint density at radius 3 is 2.64 bits per heavy atom. The van der Waals surface area contributed by atoms with Gasteiger partial charge < -0.3 is 4.90 Å². The second-order valence-corrected chi connectivity index (χ2v) is 7.55. The maximum absolute atomic E-state index is 13.5. The number of aromatic nitrogens is 3. The van der Waals surface area contributed by atoms with Crippen LogP contribution in [0.3, 0.4) is 0 Å². The highest BCUT2D eigenvalue weighted by molar-refractivity contribution is 6.31. The number of rotatable bonds is 3. The highest BCUT2D eigenvalue weighted by Gasteiger charge is 2.40. The van der Waals surface area contributed by atoms with E-state index in [4.69, 9.17) is 11.6 Å². The fourth-order valence-corrected chi connectivity index (χ4v) is 4.02. The minimum Gasteiger partial charge on any atom is -0.335 e. The average Bonchev–Trinajstić information content (AvgIpc) is 3.16. The largest absolute Gasteiger partial charge is 0.346 e. The maximum atomic E-state index is 13.5. The Labute approximate surface area is 163 Å². The summed E-state index contributed by atoms with van der Waals surface area (Å²) in [5, 5.41) is 4.47. The fourth-order valence-electron chi connectivity index (χ4n) is 3.79.